The molecule has 1 aliphatic rings. The van der Waals surface area contributed by atoms with E-state index in [1.807, 2.05) is 33.9 Å². The van der Waals surface area contributed by atoms with Crippen LogP contribution in [0.3, 0.4) is 0 Å². The number of aryl methyl sites for hydroxylation is 5. The van der Waals surface area contributed by atoms with Crippen molar-refractivity contribution in [2.75, 3.05) is 5.43 Å². The number of carbonyl (C=O) groups excluding carboxylic acids is 1. The van der Waals surface area contributed by atoms with Crippen LogP contribution in [0.2, 0.25) is 0 Å². The first-order chi connectivity index (χ1) is 16.1. The monoisotopic (exact) mass is 459 g/mol. The van der Waals surface area contributed by atoms with Crippen molar-refractivity contribution in [3.8, 4) is 11.7 Å². The van der Waals surface area contributed by atoms with Crippen LogP contribution in [0.4, 0.5) is 5.82 Å². The minimum absolute atomic E-state index is 0.130. The van der Waals surface area contributed by atoms with Crippen LogP contribution < -0.4 is 15.6 Å². The van der Waals surface area contributed by atoms with Crippen LogP contribution in [0.15, 0.2) is 34.7 Å². The van der Waals surface area contributed by atoms with Gasteiger partial charge in [0.25, 0.3) is 5.95 Å². The number of rotatable bonds is 5. The third kappa shape index (κ3) is 3.79. The second kappa shape index (κ2) is 7.90. The lowest BCUT2D eigenvalue weighted by Crippen LogP contribution is -2.29. The molecule has 3 aromatic heterocycles. The van der Waals surface area contributed by atoms with Crippen LogP contribution in [-0.4, -0.2) is 20.7 Å². The maximum atomic E-state index is 12.6. The fraction of sp³-hybridized carbons (Fsp3) is 0.346. The number of amides is 1. The van der Waals surface area contributed by atoms with Gasteiger partial charge in [-0.3, -0.25) is 20.3 Å². The first-order valence-corrected chi connectivity index (χ1v) is 11.4. The lowest BCUT2D eigenvalue weighted by molar-refractivity contribution is 0.0930. The van der Waals surface area contributed by atoms with E-state index in [9.17, 15) is 4.79 Å². The Morgan fingerprint density at radius 2 is 1.94 bits per heavy atom. The van der Waals surface area contributed by atoms with Gasteiger partial charge in [-0.1, -0.05) is 19.9 Å². The molecule has 176 valence electrons. The molecule has 0 aliphatic heterocycles. The van der Waals surface area contributed by atoms with Crippen molar-refractivity contribution in [1.29, 1.82) is 0 Å². The van der Waals surface area contributed by atoms with E-state index in [2.05, 4.69) is 46.9 Å². The molecule has 1 amide bonds. The second-order valence-electron chi connectivity index (χ2n) is 9.69. The summed E-state index contributed by atoms with van der Waals surface area (Å²) in [7, 11) is 1.85. The highest BCUT2D eigenvalue weighted by Crippen LogP contribution is 2.42. The molecule has 0 saturated heterocycles. The molecular formula is C26H29N5O3. The third-order valence-electron chi connectivity index (χ3n) is 6.63. The molecule has 1 aromatic carbocycles. The van der Waals surface area contributed by atoms with Gasteiger partial charge in [0.1, 0.15) is 11.6 Å². The molecular weight excluding hydrogens is 430 g/mol. The van der Waals surface area contributed by atoms with Crippen LogP contribution in [0.25, 0.3) is 11.0 Å². The predicted molar refractivity (Wildman–Crippen MR) is 130 cm³/mol. The zero-order chi connectivity index (χ0) is 24.2. The Bertz CT molecular complexity index is 1430. The SMILES string of the molecule is Cc1cc2c(cc1Oc1ccc(C(=O)NNc3cc(C)c4c(C)nn(C)c4n3)o1)C(C)(C)CC2. The average Bonchev–Trinajstić information content (AvgIpc) is 3.44. The lowest BCUT2D eigenvalue weighted by Gasteiger charge is -2.20. The highest BCUT2D eigenvalue weighted by Gasteiger charge is 2.30. The van der Waals surface area contributed by atoms with Gasteiger partial charge in [-0.15, -0.1) is 0 Å². The first kappa shape index (κ1) is 22.0. The van der Waals surface area contributed by atoms with Gasteiger partial charge >= 0.3 is 5.91 Å². The molecule has 0 atom stereocenters. The van der Waals surface area contributed by atoms with Gasteiger partial charge in [0, 0.05) is 18.5 Å². The Balaban J connectivity index is 1.29. The largest absolute Gasteiger partial charge is 0.426 e. The summed E-state index contributed by atoms with van der Waals surface area (Å²) in [6.07, 6.45) is 2.22. The van der Waals surface area contributed by atoms with E-state index in [0.29, 0.717) is 5.82 Å². The molecule has 2 N–H and O–H groups in total. The topological polar surface area (TPSA) is 94.2 Å². The van der Waals surface area contributed by atoms with Crippen LogP contribution in [0.5, 0.6) is 11.7 Å². The molecule has 0 saturated carbocycles. The minimum Gasteiger partial charge on any atom is -0.426 e. The number of nitrogens with zero attached hydrogens (tertiary/aromatic N) is 3. The minimum atomic E-state index is -0.428. The van der Waals surface area contributed by atoms with Crippen molar-refractivity contribution in [2.24, 2.45) is 7.05 Å². The summed E-state index contributed by atoms with van der Waals surface area (Å²) in [4.78, 5) is 17.2. The molecule has 1 aliphatic carbocycles. The number of anilines is 1. The van der Waals surface area contributed by atoms with Crippen LogP contribution in [0, 0.1) is 20.8 Å². The van der Waals surface area contributed by atoms with Crippen molar-refractivity contribution in [2.45, 2.75) is 52.9 Å². The van der Waals surface area contributed by atoms with E-state index in [0.717, 1.165) is 46.4 Å². The molecule has 0 radical (unpaired) electrons. The van der Waals surface area contributed by atoms with Crippen molar-refractivity contribution < 1.29 is 13.9 Å². The van der Waals surface area contributed by atoms with Gasteiger partial charge in [-0.25, -0.2) is 4.98 Å². The van der Waals surface area contributed by atoms with E-state index in [-0.39, 0.29) is 17.1 Å². The highest BCUT2D eigenvalue weighted by atomic mass is 16.6. The smallest absolute Gasteiger partial charge is 0.305 e. The zero-order valence-electron chi connectivity index (χ0n) is 20.4. The Morgan fingerprint density at radius 1 is 1.15 bits per heavy atom. The molecule has 8 heteroatoms. The first-order valence-electron chi connectivity index (χ1n) is 11.4. The average molecular weight is 460 g/mol. The molecule has 5 rings (SSSR count). The number of ether oxygens (including phenoxy) is 1. The number of nitrogens with one attached hydrogen (secondary N) is 2. The molecule has 0 spiro atoms. The number of benzene rings is 1. The Morgan fingerprint density at radius 3 is 2.74 bits per heavy atom. The van der Waals surface area contributed by atoms with Gasteiger partial charge in [-0.2, -0.15) is 5.10 Å². The number of fused-ring (bicyclic) bond motifs is 2. The molecule has 34 heavy (non-hydrogen) atoms. The molecule has 0 bridgehead atoms. The van der Waals surface area contributed by atoms with E-state index >= 15 is 0 Å². The van der Waals surface area contributed by atoms with Crippen LogP contribution in [-0.2, 0) is 18.9 Å². The third-order valence-corrected chi connectivity index (χ3v) is 6.63. The molecule has 0 unspecified atom stereocenters. The summed E-state index contributed by atoms with van der Waals surface area (Å²) >= 11 is 0. The summed E-state index contributed by atoms with van der Waals surface area (Å²) in [6, 6.07) is 9.40. The fourth-order valence-electron chi connectivity index (χ4n) is 4.79. The Hall–Kier alpha value is -3.81. The Labute approximate surface area is 198 Å². The number of hydrogen-bond acceptors (Lipinski definition) is 6. The van der Waals surface area contributed by atoms with Crippen molar-refractivity contribution in [3.05, 3.63) is 64.0 Å². The summed E-state index contributed by atoms with van der Waals surface area (Å²) in [5.41, 5.74) is 12.1. The normalized spacial score (nSPS) is 14.3. The summed E-state index contributed by atoms with van der Waals surface area (Å²) < 4.78 is 13.4. The number of hydrazine groups is 1. The number of pyridine rings is 1. The number of aromatic nitrogens is 3. The van der Waals surface area contributed by atoms with Crippen molar-refractivity contribution in [3.63, 3.8) is 0 Å². The molecule has 8 nitrogen and oxygen atoms in total. The van der Waals surface area contributed by atoms with Crippen molar-refractivity contribution >= 4 is 22.8 Å². The maximum absolute atomic E-state index is 12.6. The Kier molecular flexibility index (Phi) is 5.11. The van der Waals surface area contributed by atoms with Gasteiger partial charge in [-0.05, 0) is 79.5 Å². The zero-order valence-corrected chi connectivity index (χ0v) is 20.4. The van der Waals surface area contributed by atoms with Gasteiger partial charge in [0.05, 0.1) is 5.69 Å². The molecule has 3 heterocycles. The molecule has 4 aromatic rings. The second-order valence-corrected chi connectivity index (χ2v) is 9.69. The van der Waals surface area contributed by atoms with Crippen molar-refractivity contribution in [1.82, 2.24) is 20.2 Å². The fourth-order valence-corrected chi connectivity index (χ4v) is 4.79. The molecule has 0 fully saturated rings. The maximum Gasteiger partial charge on any atom is 0.305 e. The van der Waals surface area contributed by atoms with Crippen LogP contribution >= 0.6 is 0 Å². The highest BCUT2D eigenvalue weighted by molar-refractivity contribution is 5.92. The van der Waals surface area contributed by atoms with Gasteiger partial charge in [0.15, 0.2) is 11.4 Å². The number of hydrogen-bond donors (Lipinski definition) is 2. The summed E-state index contributed by atoms with van der Waals surface area (Å²) in [6.45, 7) is 10.5. The predicted octanol–water partition coefficient (Wildman–Crippen LogP) is 5.26. The summed E-state index contributed by atoms with van der Waals surface area (Å²) in [5.74, 6) is 1.23. The summed E-state index contributed by atoms with van der Waals surface area (Å²) in [5, 5.41) is 5.43. The van der Waals surface area contributed by atoms with E-state index < -0.39 is 5.91 Å². The van der Waals surface area contributed by atoms with E-state index in [1.54, 1.807) is 16.8 Å². The van der Waals surface area contributed by atoms with Gasteiger partial charge in [0.2, 0.25) is 0 Å². The van der Waals surface area contributed by atoms with E-state index in [4.69, 9.17) is 9.15 Å². The quantitative estimate of drug-likeness (QED) is 0.396. The standard InChI is InChI=1S/C26H29N5O3/c1-14-11-17-9-10-26(4,5)18(17)13-20(14)34-22-8-7-19(33-22)25(32)29-28-21-12-15(2)23-16(3)30-31(6)24(23)27-21/h7-8,11-13H,9-10H2,1-6H3,(H,27,28)(H,29,32). The van der Waals surface area contributed by atoms with Crippen LogP contribution in [0.1, 0.15) is 58.8 Å². The number of carbonyl (C=O) groups is 1. The van der Waals surface area contributed by atoms with Gasteiger partial charge < -0.3 is 9.15 Å². The number of furan rings is 1. The van der Waals surface area contributed by atoms with E-state index in [1.165, 1.54) is 11.1 Å². The lowest BCUT2D eigenvalue weighted by atomic mass is 9.86.